The van der Waals surface area contributed by atoms with Gasteiger partial charge in [-0.25, -0.2) is 14.4 Å². The van der Waals surface area contributed by atoms with E-state index in [-0.39, 0.29) is 40.4 Å². The number of hydrogen-bond acceptors (Lipinski definition) is 6. The number of fused-ring (bicyclic) bond motifs is 1. The van der Waals surface area contributed by atoms with Crippen molar-refractivity contribution in [3.8, 4) is 5.88 Å². The highest BCUT2D eigenvalue weighted by atomic mass is 35.5. The number of halogens is 4. The summed E-state index contributed by atoms with van der Waals surface area (Å²) in [6.07, 6.45) is -0.521. The fraction of sp³-hybridized carbons (Fsp3) is 0.167. The standard InChI is InChI=1S/C24H18Cl3FN4O4/c1-35-6-7-36-24-15(10-13(28)11-29-24)22(33)32-21-23(34)30-18-5-3-2-4-14(18)20(31-21)19-16(26)8-12(25)9-17(19)27/h2-5,8-11,21H,6-7H2,1H3,(H,30,34)(H,32,33)/t21-/m0/s1. The summed E-state index contributed by atoms with van der Waals surface area (Å²) in [5.74, 6) is -2.37. The highest BCUT2D eigenvalue weighted by molar-refractivity contribution is 6.44. The third-order valence-corrected chi connectivity index (χ3v) is 5.86. The Morgan fingerprint density at radius 3 is 2.58 bits per heavy atom. The number of benzodiazepines with no additional fused rings is 1. The number of amides is 2. The minimum atomic E-state index is -1.43. The number of methoxy groups -OCH3 is 1. The first-order valence-corrected chi connectivity index (χ1v) is 11.6. The number of hydrogen-bond donors (Lipinski definition) is 2. The third kappa shape index (κ3) is 5.60. The fourth-order valence-electron chi connectivity index (χ4n) is 3.45. The lowest BCUT2D eigenvalue weighted by molar-refractivity contribution is -0.117. The normalized spacial score (nSPS) is 14.9. The van der Waals surface area contributed by atoms with Gasteiger partial charge in [0.25, 0.3) is 11.8 Å². The van der Waals surface area contributed by atoms with E-state index in [4.69, 9.17) is 44.3 Å². The largest absolute Gasteiger partial charge is 0.475 e. The number of anilines is 1. The summed E-state index contributed by atoms with van der Waals surface area (Å²) < 4.78 is 24.3. The molecule has 1 aliphatic rings. The molecule has 2 N–H and O–H groups in total. The molecule has 0 saturated carbocycles. The molecule has 3 aromatic rings. The lowest BCUT2D eigenvalue weighted by atomic mass is 10.0. The topological polar surface area (TPSA) is 102 Å². The van der Waals surface area contributed by atoms with Crippen LogP contribution in [0.4, 0.5) is 10.1 Å². The molecule has 0 spiro atoms. The van der Waals surface area contributed by atoms with Crippen molar-refractivity contribution < 1.29 is 23.5 Å². The van der Waals surface area contributed by atoms with Gasteiger partial charge in [-0.2, -0.15) is 0 Å². The first kappa shape index (κ1) is 25.8. The summed E-state index contributed by atoms with van der Waals surface area (Å²) in [5, 5.41) is 5.94. The summed E-state index contributed by atoms with van der Waals surface area (Å²) in [6.45, 7) is 0.296. The van der Waals surface area contributed by atoms with Gasteiger partial charge in [-0.1, -0.05) is 53.0 Å². The number of pyridine rings is 1. The monoisotopic (exact) mass is 550 g/mol. The predicted molar refractivity (Wildman–Crippen MR) is 135 cm³/mol. The number of rotatable bonds is 7. The van der Waals surface area contributed by atoms with Crippen LogP contribution in [-0.2, 0) is 9.53 Å². The Kier molecular flexibility index (Phi) is 8.05. The smallest absolute Gasteiger partial charge is 0.269 e. The molecule has 12 heteroatoms. The Balaban J connectivity index is 1.75. The van der Waals surface area contributed by atoms with E-state index in [0.29, 0.717) is 21.8 Å². The molecule has 0 unspecified atom stereocenters. The molecule has 36 heavy (non-hydrogen) atoms. The van der Waals surface area contributed by atoms with Crippen LogP contribution in [0.5, 0.6) is 5.88 Å². The van der Waals surface area contributed by atoms with E-state index in [9.17, 15) is 14.0 Å². The van der Waals surface area contributed by atoms with Crippen LogP contribution in [0, 0.1) is 5.82 Å². The van der Waals surface area contributed by atoms with Gasteiger partial charge in [0, 0.05) is 23.3 Å². The second kappa shape index (κ2) is 11.2. The van der Waals surface area contributed by atoms with Crippen molar-refractivity contribution in [2.45, 2.75) is 6.17 Å². The molecule has 2 heterocycles. The van der Waals surface area contributed by atoms with Gasteiger partial charge < -0.3 is 20.1 Å². The molecule has 0 aliphatic carbocycles. The van der Waals surface area contributed by atoms with Crippen LogP contribution in [0.3, 0.4) is 0 Å². The molecule has 2 aromatic carbocycles. The van der Waals surface area contributed by atoms with Gasteiger partial charge >= 0.3 is 0 Å². The minimum Gasteiger partial charge on any atom is -0.475 e. The molecular weight excluding hydrogens is 534 g/mol. The van der Waals surface area contributed by atoms with Gasteiger partial charge in [0.2, 0.25) is 12.0 Å². The zero-order valence-corrected chi connectivity index (χ0v) is 20.9. The number of nitrogens with zero attached hydrogens (tertiary/aromatic N) is 2. The van der Waals surface area contributed by atoms with Crippen molar-refractivity contribution in [2.24, 2.45) is 4.99 Å². The van der Waals surface area contributed by atoms with Crippen LogP contribution in [0.25, 0.3) is 0 Å². The quantitative estimate of drug-likeness (QED) is 0.413. The highest BCUT2D eigenvalue weighted by Gasteiger charge is 2.30. The second-order valence-electron chi connectivity index (χ2n) is 7.48. The predicted octanol–water partition coefficient (Wildman–Crippen LogP) is 4.75. The minimum absolute atomic E-state index is 0.0739. The van der Waals surface area contributed by atoms with E-state index in [2.05, 4.69) is 20.6 Å². The molecule has 1 aromatic heterocycles. The Bertz CT molecular complexity index is 1350. The molecule has 186 valence electrons. The van der Waals surface area contributed by atoms with Crippen molar-refractivity contribution in [3.05, 3.63) is 86.2 Å². The molecule has 0 radical (unpaired) electrons. The highest BCUT2D eigenvalue weighted by Crippen LogP contribution is 2.34. The van der Waals surface area contributed by atoms with Crippen molar-refractivity contribution in [2.75, 3.05) is 25.6 Å². The lowest BCUT2D eigenvalue weighted by Crippen LogP contribution is -2.42. The SMILES string of the molecule is COCCOc1ncc(F)cc1C(=O)N[C@@H]1N=C(c2c(Cl)cc(Cl)cc2Cl)c2ccccc2NC1=O. The molecule has 0 saturated heterocycles. The van der Waals surface area contributed by atoms with Crippen molar-refractivity contribution >= 4 is 58.0 Å². The molecule has 1 atom stereocenters. The summed E-state index contributed by atoms with van der Waals surface area (Å²) in [7, 11) is 1.48. The third-order valence-electron chi connectivity index (χ3n) is 5.05. The number of carbonyl (C=O) groups is 2. The number of ether oxygens (including phenoxy) is 2. The van der Waals surface area contributed by atoms with Crippen LogP contribution in [0.1, 0.15) is 21.5 Å². The van der Waals surface area contributed by atoms with Gasteiger partial charge in [-0.15, -0.1) is 0 Å². The molecule has 4 rings (SSSR count). The fourth-order valence-corrected chi connectivity index (χ4v) is 4.45. The summed E-state index contributed by atoms with van der Waals surface area (Å²) in [6, 6.07) is 10.8. The zero-order valence-electron chi connectivity index (χ0n) is 18.6. The Labute approximate surface area is 220 Å². The maximum absolute atomic E-state index is 13.9. The second-order valence-corrected chi connectivity index (χ2v) is 8.73. The number of carbonyl (C=O) groups excluding carboxylic acids is 2. The van der Waals surface area contributed by atoms with E-state index in [1.54, 1.807) is 24.3 Å². The average Bonchev–Trinajstić information content (AvgIpc) is 2.96. The lowest BCUT2D eigenvalue weighted by Gasteiger charge is -2.16. The van der Waals surface area contributed by atoms with Gasteiger partial charge in [-0.05, 0) is 24.3 Å². The van der Waals surface area contributed by atoms with Crippen LogP contribution >= 0.6 is 34.8 Å². The molecule has 1 aliphatic heterocycles. The van der Waals surface area contributed by atoms with Crippen molar-refractivity contribution in [3.63, 3.8) is 0 Å². The molecule has 0 bridgehead atoms. The zero-order chi connectivity index (χ0) is 25.8. The molecule has 2 amide bonds. The first-order chi connectivity index (χ1) is 17.3. The van der Waals surface area contributed by atoms with Crippen LogP contribution in [-0.4, -0.2) is 49.0 Å². The van der Waals surface area contributed by atoms with E-state index in [0.717, 1.165) is 12.3 Å². The Hall–Kier alpha value is -3.24. The van der Waals surface area contributed by atoms with E-state index in [1.807, 2.05) is 0 Å². The van der Waals surface area contributed by atoms with Crippen LogP contribution in [0.2, 0.25) is 15.1 Å². The van der Waals surface area contributed by atoms with Gasteiger partial charge in [0.05, 0.1) is 34.2 Å². The average molecular weight is 552 g/mol. The van der Waals surface area contributed by atoms with E-state index in [1.165, 1.54) is 19.2 Å². The Morgan fingerprint density at radius 1 is 1.14 bits per heavy atom. The number of benzene rings is 2. The van der Waals surface area contributed by atoms with Crippen molar-refractivity contribution in [1.29, 1.82) is 0 Å². The Morgan fingerprint density at radius 2 is 1.86 bits per heavy atom. The summed E-state index contributed by atoms with van der Waals surface area (Å²) in [4.78, 5) is 34.5. The maximum atomic E-state index is 13.9. The van der Waals surface area contributed by atoms with Crippen LogP contribution < -0.4 is 15.4 Å². The van der Waals surface area contributed by atoms with Gasteiger partial charge in [0.1, 0.15) is 18.0 Å². The van der Waals surface area contributed by atoms with Gasteiger partial charge in [0.15, 0.2) is 0 Å². The van der Waals surface area contributed by atoms with E-state index < -0.39 is 23.8 Å². The van der Waals surface area contributed by atoms with Crippen molar-refractivity contribution in [1.82, 2.24) is 10.3 Å². The number of nitrogens with one attached hydrogen (secondary N) is 2. The molecule has 8 nitrogen and oxygen atoms in total. The van der Waals surface area contributed by atoms with Crippen LogP contribution in [0.15, 0.2) is 53.7 Å². The van der Waals surface area contributed by atoms with E-state index >= 15 is 0 Å². The number of aliphatic imine (C=N–C) groups is 1. The molecular formula is C24H18Cl3FN4O4. The number of aromatic nitrogens is 1. The maximum Gasteiger partial charge on any atom is 0.269 e. The summed E-state index contributed by atoms with van der Waals surface area (Å²) >= 11 is 19.0. The number of para-hydroxylation sites is 1. The van der Waals surface area contributed by atoms with Gasteiger partial charge in [-0.3, -0.25) is 9.59 Å². The first-order valence-electron chi connectivity index (χ1n) is 10.5. The summed E-state index contributed by atoms with van der Waals surface area (Å²) in [5.41, 5.74) is 1.29. The molecule has 0 fully saturated rings.